The van der Waals surface area contributed by atoms with E-state index in [4.69, 9.17) is 0 Å². The molecular weight excluding hydrogens is 574 g/mol. The number of rotatable bonds is 10. The number of halogens is 6. The normalized spacial score (nSPS) is 20.1. The molecule has 1 aliphatic carbocycles. The van der Waals surface area contributed by atoms with Crippen LogP contribution in [0.15, 0.2) is 53.4 Å². The maximum Gasteiger partial charge on any atom is 0.394 e. The molecule has 1 amide bonds. The fraction of sp³-hybridized carbons (Fsp3) is 0.500. The molecule has 0 aromatic heterocycles. The molecule has 3 rings (SSSR count). The second kappa shape index (κ2) is 11.7. The van der Waals surface area contributed by atoms with Gasteiger partial charge in [-0.15, -0.1) is 0 Å². The van der Waals surface area contributed by atoms with Crippen molar-refractivity contribution in [1.29, 1.82) is 0 Å². The van der Waals surface area contributed by atoms with Crippen LogP contribution < -0.4 is 10.6 Å². The number of ketones is 1. The standard InChI is InChI=1S/C28H32F6N2O4S/c1-26(2,29)15-21(25(38)36-23-20(28(32,33)34)13-14-22(23)37)35-24(27(3,30)31)18-7-5-16(6-8-18)17-9-11-19(12-10-17)41(4,39)40/h5-12,20-21,23-24,35H,13-15H2,1-4H3,(H,36,38)/t20?,21-,23-,24?/m0/s1. The molecule has 2 unspecified atom stereocenters. The number of amides is 1. The molecule has 0 bridgehead atoms. The van der Waals surface area contributed by atoms with Crippen LogP contribution in [-0.2, 0) is 19.4 Å². The third kappa shape index (κ3) is 8.54. The van der Waals surface area contributed by atoms with Gasteiger partial charge in [-0.2, -0.15) is 13.2 Å². The molecular formula is C28H32F6N2O4S. The van der Waals surface area contributed by atoms with Crippen molar-refractivity contribution in [3.05, 3.63) is 54.1 Å². The maximum atomic E-state index is 14.8. The fourth-order valence-corrected chi connectivity index (χ4v) is 5.47. The Morgan fingerprint density at radius 1 is 0.927 bits per heavy atom. The number of benzene rings is 2. The van der Waals surface area contributed by atoms with E-state index in [0.29, 0.717) is 18.1 Å². The lowest BCUT2D eigenvalue weighted by atomic mass is 9.94. The molecule has 2 aromatic rings. The maximum absolute atomic E-state index is 14.8. The van der Waals surface area contributed by atoms with Gasteiger partial charge < -0.3 is 5.32 Å². The van der Waals surface area contributed by atoms with Crippen molar-refractivity contribution >= 4 is 21.5 Å². The fourth-order valence-electron chi connectivity index (χ4n) is 4.84. The predicted octanol–water partition coefficient (Wildman–Crippen LogP) is 5.58. The number of hydrogen-bond acceptors (Lipinski definition) is 5. The minimum Gasteiger partial charge on any atom is -0.344 e. The van der Waals surface area contributed by atoms with Crippen LogP contribution in [0.5, 0.6) is 0 Å². The van der Waals surface area contributed by atoms with Crippen LogP contribution in [-0.4, -0.2) is 56.2 Å². The quantitative estimate of drug-likeness (QED) is 0.345. The summed E-state index contributed by atoms with van der Waals surface area (Å²) in [6.07, 6.45) is -5.28. The molecule has 0 spiro atoms. The number of Topliss-reactive ketones (excluding diaryl/α,β-unsaturated/α-hetero) is 1. The second-order valence-electron chi connectivity index (χ2n) is 11.1. The Kier molecular flexibility index (Phi) is 9.34. The van der Waals surface area contributed by atoms with Gasteiger partial charge in [0, 0.05) is 26.0 Å². The first kappa shape index (κ1) is 32.6. The average molecular weight is 607 g/mol. The van der Waals surface area contributed by atoms with E-state index in [2.05, 4.69) is 5.32 Å². The highest BCUT2D eigenvalue weighted by molar-refractivity contribution is 7.90. The Bertz CT molecular complexity index is 1350. The van der Waals surface area contributed by atoms with Gasteiger partial charge in [-0.3, -0.25) is 14.9 Å². The number of carbonyl (C=O) groups is 2. The van der Waals surface area contributed by atoms with E-state index >= 15 is 0 Å². The molecule has 6 nitrogen and oxygen atoms in total. The van der Waals surface area contributed by atoms with Crippen molar-refractivity contribution in [3.63, 3.8) is 0 Å². The summed E-state index contributed by atoms with van der Waals surface area (Å²) in [4.78, 5) is 25.3. The number of sulfone groups is 1. The molecule has 41 heavy (non-hydrogen) atoms. The summed E-state index contributed by atoms with van der Waals surface area (Å²) in [5, 5.41) is 4.47. The van der Waals surface area contributed by atoms with Crippen molar-refractivity contribution in [2.45, 2.75) is 80.8 Å². The SMILES string of the molecule is CC(C)(F)C[C@H](NC(c1ccc(-c2ccc(S(C)(=O)=O)cc2)cc1)C(C)(F)F)C(=O)N[C@@H]1C(=O)CCC1C(F)(F)F. The van der Waals surface area contributed by atoms with Gasteiger partial charge in [0.05, 0.1) is 28.9 Å². The first-order chi connectivity index (χ1) is 18.7. The Balaban J connectivity index is 1.88. The number of carbonyl (C=O) groups excluding carboxylic acids is 2. The van der Waals surface area contributed by atoms with Crippen molar-refractivity contribution < 1.29 is 44.3 Å². The van der Waals surface area contributed by atoms with Crippen LogP contribution in [0.4, 0.5) is 26.3 Å². The van der Waals surface area contributed by atoms with Crippen LogP contribution in [0.2, 0.25) is 0 Å². The lowest BCUT2D eigenvalue weighted by Crippen LogP contribution is -2.55. The molecule has 0 heterocycles. The monoisotopic (exact) mass is 606 g/mol. The number of nitrogens with one attached hydrogen (secondary N) is 2. The average Bonchev–Trinajstić information content (AvgIpc) is 3.20. The molecule has 0 aliphatic heterocycles. The van der Waals surface area contributed by atoms with Gasteiger partial charge in [0.2, 0.25) is 5.91 Å². The van der Waals surface area contributed by atoms with Gasteiger partial charge in [-0.05, 0) is 49.1 Å². The molecule has 2 N–H and O–H groups in total. The van der Waals surface area contributed by atoms with Gasteiger partial charge in [-0.1, -0.05) is 36.4 Å². The summed E-state index contributed by atoms with van der Waals surface area (Å²) >= 11 is 0. The third-order valence-corrected chi connectivity index (χ3v) is 8.04. The van der Waals surface area contributed by atoms with Crippen LogP contribution in [0.3, 0.4) is 0 Å². The summed E-state index contributed by atoms with van der Waals surface area (Å²) in [7, 11) is -3.41. The minimum atomic E-state index is -4.77. The van der Waals surface area contributed by atoms with E-state index in [1.165, 1.54) is 36.4 Å². The Morgan fingerprint density at radius 3 is 1.88 bits per heavy atom. The van der Waals surface area contributed by atoms with E-state index in [9.17, 15) is 44.3 Å². The lowest BCUT2D eigenvalue weighted by molar-refractivity contribution is -0.179. The highest BCUT2D eigenvalue weighted by Crippen LogP contribution is 2.38. The van der Waals surface area contributed by atoms with Crippen LogP contribution >= 0.6 is 0 Å². The molecule has 0 saturated heterocycles. The zero-order valence-electron chi connectivity index (χ0n) is 22.9. The Morgan fingerprint density at radius 2 is 1.44 bits per heavy atom. The second-order valence-corrected chi connectivity index (χ2v) is 13.1. The highest BCUT2D eigenvalue weighted by Gasteiger charge is 2.52. The summed E-state index contributed by atoms with van der Waals surface area (Å²) in [5.74, 6) is -7.66. The largest absolute Gasteiger partial charge is 0.394 e. The van der Waals surface area contributed by atoms with Crippen molar-refractivity contribution in [3.8, 4) is 11.1 Å². The molecule has 4 atom stereocenters. The van der Waals surface area contributed by atoms with E-state index in [1.807, 2.05) is 5.32 Å². The third-order valence-electron chi connectivity index (χ3n) is 6.91. The predicted molar refractivity (Wildman–Crippen MR) is 141 cm³/mol. The van der Waals surface area contributed by atoms with E-state index < -0.39 is 82.6 Å². The van der Waals surface area contributed by atoms with Crippen molar-refractivity contribution in [2.24, 2.45) is 5.92 Å². The smallest absolute Gasteiger partial charge is 0.344 e. The first-order valence-electron chi connectivity index (χ1n) is 12.8. The van der Waals surface area contributed by atoms with Crippen molar-refractivity contribution in [2.75, 3.05) is 6.26 Å². The van der Waals surface area contributed by atoms with Crippen molar-refractivity contribution in [1.82, 2.24) is 10.6 Å². The molecule has 13 heteroatoms. The minimum absolute atomic E-state index is 0.00795. The van der Waals surface area contributed by atoms with Gasteiger partial charge in [-0.25, -0.2) is 21.6 Å². The first-order valence-corrected chi connectivity index (χ1v) is 14.7. The highest BCUT2D eigenvalue weighted by atomic mass is 32.2. The molecule has 1 saturated carbocycles. The topological polar surface area (TPSA) is 92.3 Å². The molecule has 2 aromatic carbocycles. The zero-order chi connectivity index (χ0) is 31.0. The van der Waals surface area contributed by atoms with Crippen LogP contribution in [0.1, 0.15) is 51.6 Å². The molecule has 1 fully saturated rings. The lowest BCUT2D eigenvalue weighted by Gasteiger charge is -2.33. The van der Waals surface area contributed by atoms with Gasteiger partial charge >= 0.3 is 6.18 Å². The molecule has 226 valence electrons. The zero-order valence-corrected chi connectivity index (χ0v) is 23.7. The van der Waals surface area contributed by atoms with Crippen LogP contribution in [0.25, 0.3) is 11.1 Å². The summed E-state index contributed by atoms with van der Waals surface area (Å²) in [5.41, 5.74) is -0.889. The summed E-state index contributed by atoms with van der Waals surface area (Å²) in [6, 6.07) is 6.20. The summed E-state index contributed by atoms with van der Waals surface area (Å²) < 4.78 is 108. The van der Waals surface area contributed by atoms with E-state index in [1.54, 1.807) is 12.1 Å². The van der Waals surface area contributed by atoms with E-state index in [-0.39, 0.29) is 10.5 Å². The Hall–Kier alpha value is -2.93. The summed E-state index contributed by atoms with van der Waals surface area (Å²) in [6.45, 7) is 2.77. The van der Waals surface area contributed by atoms with Gasteiger partial charge in [0.1, 0.15) is 5.67 Å². The Labute approximate surface area is 234 Å². The number of alkyl halides is 6. The van der Waals surface area contributed by atoms with Crippen LogP contribution in [0, 0.1) is 5.92 Å². The van der Waals surface area contributed by atoms with Gasteiger partial charge in [0.15, 0.2) is 15.6 Å². The molecule has 1 aliphatic rings. The molecule has 0 radical (unpaired) electrons. The number of hydrogen-bond donors (Lipinski definition) is 2. The van der Waals surface area contributed by atoms with Gasteiger partial charge in [0.25, 0.3) is 5.92 Å². The van der Waals surface area contributed by atoms with E-state index in [0.717, 1.165) is 20.1 Å².